The van der Waals surface area contributed by atoms with E-state index >= 15 is 0 Å². The Hall–Kier alpha value is -0.710. The lowest BCUT2D eigenvalue weighted by molar-refractivity contribution is -0.130. The summed E-state index contributed by atoms with van der Waals surface area (Å²) in [5.74, 6) is 0.520. The number of piperidine rings is 1. The van der Waals surface area contributed by atoms with Gasteiger partial charge >= 0.3 is 0 Å². The summed E-state index contributed by atoms with van der Waals surface area (Å²) in [4.78, 5) is 14.7. The van der Waals surface area contributed by atoms with Gasteiger partial charge in [-0.05, 0) is 25.0 Å². The molecule has 5 heteroatoms. The van der Waals surface area contributed by atoms with E-state index in [-0.39, 0.29) is 12.0 Å². The van der Waals surface area contributed by atoms with Gasteiger partial charge in [-0.3, -0.25) is 4.79 Å². The van der Waals surface area contributed by atoms with Crippen molar-refractivity contribution in [3.63, 3.8) is 0 Å². The van der Waals surface area contributed by atoms with Crippen LogP contribution in [0.25, 0.3) is 0 Å². The Kier molecular flexibility index (Phi) is 4.92. The Morgan fingerprint density at radius 2 is 2.06 bits per heavy atom. The van der Waals surface area contributed by atoms with Crippen LogP contribution in [-0.2, 0) is 4.79 Å². The molecule has 1 heterocycles. The summed E-state index contributed by atoms with van der Waals surface area (Å²) in [6.45, 7) is 1.31. The molecule has 2 rings (SSSR count). The van der Waals surface area contributed by atoms with Crippen LogP contribution in [0.15, 0.2) is 29.2 Å². The van der Waals surface area contributed by atoms with Gasteiger partial charge in [0.05, 0.1) is 16.9 Å². The first-order valence-corrected chi connectivity index (χ1v) is 7.36. The molecule has 1 amide bonds. The van der Waals surface area contributed by atoms with E-state index in [0.717, 1.165) is 4.90 Å². The summed E-state index contributed by atoms with van der Waals surface area (Å²) in [5, 5.41) is 10.1. The fourth-order valence-electron chi connectivity index (χ4n) is 1.91. The molecule has 0 unspecified atom stereocenters. The molecule has 1 fully saturated rings. The number of hydrogen-bond acceptors (Lipinski definition) is 3. The maximum absolute atomic E-state index is 12.0. The van der Waals surface area contributed by atoms with E-state index in [2.05, 4.69) is 0 Å². The molecule has 0 spiro atoms. The third-order valence-corrected chi connectivity index (χ3v) is 4.50. The minimum atomic E-state index is -0.245. The van der Waals surface area contributed by atoms with E-state index in [1.165, 1.54) is 11.8 Å². The summed E-state index contributed by atoms with van der Waals surface area (Å²) < 4.78 is 0. The number of carbonyl (C=O) groups is 1. The number of amides is 1. The SMILES string of the molecule is O=C(CSc1ccccc1Cl)N1CCC(O)CC1. The van der Waals surface area contributed by atoms with Crippen LogP contribution in [0.1, 0.15) is 12.8 Å². The lowest BCUT2D eigenvalue weighted by atomic mass is 10.1. The third-order valence-electron chi connectivity index (χ3n) is 3.00. The lowest BCUT2D eigenvalue weighted by Gasteiger charge is -2.29. The van der Waals surface area contributed by atoms with Gasteiger partial charge in [0.2, 0.25) is 5.91 Å². The van der Waals surface area contributed by atoms with Crippen molar-refractivity contribution in [2.75, 3.05) is 18.8 Å². The van der Waals surface area contributed by atoms with Crippen LogP contribution in [0, 0.1) is 0 Å². The molecular formula is C13H16ClNO2S. The molecule has 0 saturated carbocycles. The van der Waals surface area contributed by atoms with Gasteiger partial charge in [0, 0.05) is 18.0 Å². The summed E-state index contributed by atoms with van der Waals surface area (Å²) in [6, 6.07) is 7.53. The van der Waals surface area contributed by atoms with Gasteiger partial charge in [0.25, 0.3) is 0 Å². The number of rotatable bonds is 3. The Morgan fingerprint density at radius 3 is 2.72 bits per heavy atom. The topological polar surface area (TPSA) is 40.5 Å². The zero-order valence-corrected chi connectivity index (χ0v) is 11.6. The van der Waals surface area contributed by atoms with Crippen molar-refractivity contribution in [3.05, 3.63) is 29.3 Å². The van der Waals surface area contributed by atoms with Crippen molar-refractivity contribution in [1.29, 1.82) is 0 Å². The summed E-state index contributed by atoms with van der Waals surface area (Å²) in [5.41, 5.74) is 0. The van der Waals surface area contributed by atoms with Crippen LogP contribution < -0.4 is 0 Å². The first-order valence-electron chi connectivity index (χ1n) is 6.00. The number of carbonyl (C=O) groups excluding carboxylic acids is 1. The fraction of sp³-hybridized carbons (Fsp3) is 0.462. The first kappa shape index (κ1) is 13.7. The van der Waals surface area contributed by atoms with Crippen LogP contribution >= 0.6 is 23.4 Å². The predicted molar refractivity (Wildman–Crippen MR) is 74.0 cm³/mol. The van der Waals surface area contributed by atoms with Crippen LogP contribution in [0.4, 0.5) is 0 Å². The van der Waals surface area contributed by atoms with Gasteiger partial charge in [0.15, 0.2) is 0 Å². The number of nitrogens with zero attached hydrogens (tertiary/aromatic N) is 1. The highest BCUT2D eigenvalue weighted by Crippen LogP contribution is 2.26. The van der Waals surface area contributed by atoms with E-state index < -0.39 is 0 Å². The number of benzene rings is 1. The molecule has 0 atom stereocenters. The monoisotopic (exact) mass is 285 g/mol. The Labute approximate surface area is 116 Å². The zero-order valence-electron chi connectivity index (χ0n) is 10.0. The normalized spacial score (nSPS) is 16.9. The average molecular weight is 286 g/mol. The summed E-state index contributed by atoms with van der Waals surface area (Å²) in [6.07, 6.45) is 1.12. The molecular weight excluding hydrogens is 270 g/mol. The maximum atomic E-state index is 12.0. The predicted octanol–water partition coefficient (Wildman–Crippen LogP) is 2.42. The van der Waals surface area contributed by atoms with Crippen molar-refractivity contribution in [2.45, 2.75) is 23.8 Å². The van der Waals surface area contributed by atoms with Crippen LogP contribution in [-0.4, -0.2) is 40.9 Å². The van der Waals surface area contributed by atoms with Crippen molar-refractivity contribution in [1.82, 2.24) is 4.90 Å². The molecule has 1 aromatic rings. The fourth-order valence-corrected chi connectivity index (χ4v) is 3.05. The van der Waals surface area contributed by atoms with E-state index in [1.54, 1.807) is 0 Å². The van der Waals surface area contributed by atoms with Crippen molar-refractivity contribution < 1.29 is 9.90 Å². The Morgan fingerprint density at radius 1 is 1.39 bits per heavy atom. The second-order valence-electron chi connectivity index (χ2n) is 4.33. The number of thioether (sulfide) groups is 1. The molecule has 0 aromatic heterocycles. The zero-order chi connectivity index (χ0) is 13.0. The van der Waals surface area contributed by atoms with E-state index in [4.69, 9.17) is 11.6 Å². The molecule has 1 aliphatic rings. The average Bonchev–Trinajstić information content (AvgIpc) is 2.38. The van der Waals surface area contributed by atoms with E-state index in [1.807, 2.05) is 29.2 Å². The number of hydrogen-bond donors (Lipinski definition) is 1. The van der Waals surface area contributed by atoms with Gasteiger partial charge in [-0.25, -0.2) is 0 Å². The molecule has 18 heavy (non-hydrogen) atoms. The quantitative estimate of drug-likeness (QED) is 0.867. The highest BCUT2D eigenvalue weighted by Gasteiger charge is 2.21. The van der Waals surface area contributed by atoms with Gasteiger partial charge < -0.3 is 10.0 Å². The Balaban J connectivity index is 1.83. The van der Waals surface area contributed by atoms with Crippen molar-refractivity contribution >= 4 is 29.3 Å². The second-order valence-corrected chi connectivity index (χ2v) is 5.76. The smallest absolute Gasteiger partial charge is 0.232 e. The molecule has 1 N–H and O–H groups in total. The van der Waals surface area contributed by atoms with Gasteiger partial charge in [-0.1, -0.05) is 23.7 Å². The number of aliphatic hydroxyl groups is 1. The second kappa shape index (κ2) is 6.45. The number of aliphatic hydroxyl groups excluding tert-OH is 1. The van der Waals surface area contributed by atoms with Crippen molar-refractivity contribution in [2.24, 2.45) is 0 Å². The van der Waals surface area contributed by atoms with Gasteiger partial charge in [0.1, 0.15) is 0 Å². The molecule has 0 bridgehead atoms. The first-order chi connectivity index (χ1) is 8.66. The molecule has 1 aliphatic heterocycles. The van der Waals surface area contributed by atoms with Gasteiger partial charge in [-0.15, -0.1) is 11.8 Å². The Bertz CT molecular complexity index is 419. The molecule has 0 aliphatic carbocycles. The summed E-state index contributed by atoms with van der Waals surface area (Å²) >= 11 is 7.50. The number of halogens is 1. The van der Waals surface area contributed by atoms with E-state index in [0.29, 0.717) is 36.7 Å². The maximum Gasteiger partial charge on any atom is 0.232 e. The van der Waals surface area contributed by atoms with Crippen LogP contribution in [0.3, 0.4) is 0 Å². The van der Waals surface area contributed by atoms with E-state index in [9.17, 15) is 9.90 Å². The van der Waals surface area contributed by atoms with Crippen LogP contribution in [0.2, 0.25) is 5.02 Å². The third kappa shape index (κ3) is 3.64. The number of likely N-dealkylation sites (tertiary alicyclic amines) is 1. The molecule has 1 saturated heterocycles. The molecule has 3 nitrogen and oxygen atoms in total. The lowest BCUT2D eigenvalue weighted by Crippen LogP contribution is -2.40. The van der Waals surface area contributed by atoms with Crippen molar-refractivity contribution in [3.8, 4) is 0 Å². The summed E-state index contributed by atoms with van der Waals surface area (Å²) in [7, 11) is 0. The van der Waals surface area contributed by atoms with Gasteiger partial charge in [-0.2, -0.15) is 0 Å². The molecule has 1 aromatic carbocycles. The largest absolute Gasteiger partial charge is 0.393 e. The highest BCUT2D eigenvalue weighted by atomic mass is 35.5. The molecule has 0 radical (unpaired) electrons. The standard InChI is InChI=1S/C13H16ClNO2S/c14-11-3-1-2-4-12(11)18-9-13(17)15-7-5-10(16)6-8-15/h1-4,10,16H,5-9H2. The molecule has 98 valence electrons. The van der Waals surface area contributed by atoms with Crippen LogP contribution in [0.5, 0.6) is 0 Å². The minimum absolute atomic E-state index is 0.117. The minimum Gasteiger partial charge on any atom is -0.393 e. The highest BCUT2D eigenvalue weighted by molar-refractivity contribution is 8.00.